The lowest BCUT2D eigenvalue weighted by molar-refractivity contribution is 0.0951. The minimum absolute atomic E-state index is 0.0538. The number of ether oxygens (including phenoxy) is 1. The lowest BCUT2D eigenvalue weighted by atomic mass is 10.1. The molecular formula is C23H21N5O2. The summed E-state index contributed by atoms with van der Waals surface area (Å²) < 4.78 is 7.11. The van der Waals surface area contributed by atoms with Gasteiger partial charge in [0.15, 0.2) is 5.65 Å². The molecule has 30 heavy (non-hydrogen) atoms. The Balaban J connectivity index is 1.60. The molecule has 0 saturated heterocycles. The molecule has 1 amide bonds. The smallest absolute Gasteiger partial charge is 0.251 e. The number of aromatic nitrogens is 4. The number of fused-ring (bicyclic) bond motifs is 1. The first-order valence-electron chi connectivity index (χ1n) is 9.89. The highest BCUT2D eigenvalue weighted by atomic mass is 16.5. The predicted molar refractivity (Wildman–Crippen MR) is 114 cm³/mol. The number of hydrogen-bond acceptors (Lipinski definition) is 5. The van der Waals surface area contributed by atoms with Gasteiger partial charge >= 0.3 is 0 Å². The number of carbonyl (C=O) groups excluding carboxylic acids is 1. The van der Waals surface area contributed by atoms with Crippen LogP contribution in [0.1, 0.15) is 28.8 Å². The second kappa shape index (κ2) is 7.26. The van der Waals surface area contributed by atoms with E-state index in [1.165, 1.54) is 6.33 Å². The highest BCUT2D eigenvalue weighted by molar-refractivity contribution is 5.96. The molecule has 0 unspecified atom stereocenters. The van der Waals surface area contributed by atoms with Crippen LogP contribution in [-0.2, 0) is 0 Å². The Labute approximate surface area is 173 Å². The number of carbonyl (C=O) groups is 1. The number of amides is 1. The molecular weight excluding hydrogens is 378 g/mol. The molecule has 2 heterocycles. The van der Waals surface area contributed by atoms with Gasteiger partial charge in [-0.25, -0.2) is 14.6 Å². The molecule has 4 aromatic rings. The minimum Gasteiger partial charge on any atom is -0.497 e. The number of rotatable bonds is 5. The maximum Gasteiger partial charge on any atom is 0.251 e. The Morgan fingerprint density at radius 1 is 1.17 bits per heavy atom. The summed E-state index contributed by atoms with van der Waals surface area (Å²) in [7, 11) is 1.64. The van der Waals surface area contributed by atoms with E-state index in [2.05, 4.69) is 20.4 Å². The monoisotopic (exact) mass is 399 g/mol. The standard InChI is InChI=1S/C23H21N5O2/c1-14-6-7-16(23(29)27-17-8-9-17)11-20(14)28-22-19(12-26-28)21(24-13-25-22)15-4-3-5-18(10-15)30-2/h3-7,10-13,17H,8-9H2,1-2H3,(H,27,29). The van der Waals surface area contributed by atoms with Crippen molar-refractivity contribution >= 4 is 16.9 Å². The second-order valence-electron chi connectivity index (χ2n) is 7.50. The molecule has 2 aromatic carbocycles. The summed E-state index contributed by atoms with van der Waals surface area (Å²) in [6.45, 7) is 2.00. The quantitative estimate of drug-likeness (QED) is 0.553. The van der Waals surface area contributed by atoms with Crippen molar-refractivity contribution in [3.8, 4) is 22.7 Å². The summed E-state index contributed by atoms with van der Waals surface area (Å²) in [6.07, 6.45) is 5.41. The van der Waals surface area contributed by atoms with E-state index in [0.717, 1.165) is 46.5 Å². The summed E-state index contributed by atoms with van der Waals surface area (Å²) in [5.74, 6) is 0.707. The van der Waals surface area contributed by atoms with Crippen molar-refractivity contribution < 1.29 is 9.53 Å². The fourth-order valence-electron chi connectivity index (χ4n) is 3.50. The molecule has 1 N–H and O–H groups in total. The summed E-state index contributed by atoms with van der Waals surface area (Å²) in [5, 5.41) is 8.45. The van der Waals surface area contributed by atoms with Gasteiger partial charge in [-0.05, 0) is 49.6 Å². The van der Waals surface area contributed by atoms with Crippen LogP contribution in [0, 0.1) is 6.92 Å². The molecule has 0 bridgehead atoms. The van der Waals surface area contributed by atoms with E-state index in [9.17, 15) is 4.79 Å². The fraction of sp³-hybridized carbons (Fsp3) is 0.217. The Hall–Kier alpha value is -3.74. The largest absolute Gasteiger partial charge is 0.497 e. The van der Waals surface area contributed by atoms with Crippen LogP contribution in [0.5, 0.6) is 5.75 Å². The van der Waals surface area contributed by atoms with Gasteiger partial charge in [-0.15, -0.1) is 0 Å². The van der Waals surface area contributed by atoms with Crippen molar-refractivity contribution in [2.24, 2.45) is 0 Å². The third kappa shape index (κ3) is 3.28. The van der Waals surface area contributed by atoms with E-state index >= 15 is 0 Å². The van der Waals surface area contributed by atoms with Gasteiger partial charge in [0.05, 0.1) is 30.1 Å². The lowest BCUT2D eigenvalue weighted by Gasteiger charge is -2.10. The Bertz CT molecular complexity index is 1260. The summed E-state index contributed by atoms with van der Waals surface area (Å²) >= 11 is 0. The third-order valence-corrected chi connectivity index (χ3v) is 5.32. The number of benzene rings is 2. The minimum atomic E-state index is -0.0538. The SMILES string of the molecule is COc1cccc(-c2ncnc3c2cnn3-c2cc(C(=O)NC3CC3)ccc2C)c1. The van der Waals surface area contributed by atoms with E-state index in [1.54, 1.807) is 18.0 Å². The van der Waals surface area contributed by atoms with Crippen LogP contribution >= 0.6 is 0 Å². The molecule has 2 aromatic heterocycles. The van der Waals surface area contributed by atoms with Crippen LogP contribution < -0.4 is 10.1 Å². The van der Waals surface area contributed by atoms with Gasteiger partial charge in [0, 0.05) is 17.2 Å². The lowest BCUT2D eigenvalue weighted by Crippen LogP contribution is -2.25. The zero-order valence-electron chi connectivity index (χ0n) is 16.8. The van der Waals surface area contributed by atoms with E-state index in [0.29, 0.717) is 17.3 Å². The van der Waals surface area contributed by atoms with Crippen molar-refractivity contribution in [1.82, 2.24) is 25.1 Å². The highest BCUT2D eigenvalue weighted by Crippen LogP contribution is 2.29. The van der Waals surface area contributed by atoms with Gasteiger partial charge in [0.2, 0.25) is 0 Å². The molecule has 7 nitrogen and oxygen atoms in total. The average Bonchev–Trinajstić information content (AvgIpc) is 3.49. The topological polar surface area (TPSA) is 81.9 Å². The molecule has 1 aliphatic rings. The third-order valence-electron chi connectivity index (χ3n) is 5.32. The first-order valence-corrected chi connectivity index (χ1v) is 9.89. The fourth-order valence-corrected chi connectivity index (χ4v) is 3.50. The number of methoxy groups -OCH3 is 1. The zero-order valence-corrected chi connectivity index (χ0v) is 16.8. The first-order chi connectivity index (χ1) is 14.6. The number of hydrogen-bond donors (Lipinski definition) is 1. The first kappa shape index (κ1) is 18.3. The average molecular weight is 399 g/mol. The Morgan fingerprint density at radius 3 is 2.83 bits per heavy atom. The van der Waals surface area contributed by atoms with Crippen molar-refractivity contribution in [2.75, 3.05) is 7.11 Å². The molecule has 1 fully saturated rings. The Kier molecular flexibility index (Phi) is 4.43. The normalized spacial score (nSPS) is 13.4. The number of nitrogens with zero attached hydrogens (tertiary/aromatic N) is 4. The molecule has 0 aliphatic heterocycles. The molecule has 5 rings (SSSR count). The van der Waals surface area contributed by atoms with Gasteiger partial charge < -0.3 is 10.1 Å². The molecule has 0 atom stereocenters. The van der Waals surface area contributed by atoms with Crippen LogP contribution in [0.3, 0.4) is 0 Å². The van der Waals surface area contributed by atoms with Gasteiger partial charge in [0.1, 0.15) is 12.1 Å². The predicted octanol–water partition coefficient (Wildman–Crippen LogP) is 3.69. The van der Waals surface area contributed by atoms with Crippen molar-refractivity contribution in [2.45, 2.75) is 25.8 Å². The van der Waals surface area contributed by atoms with Gasteiger partial charge in [-0.1, -0.05) is 18.2 Å². The molecule has 0 spiro atoms. The van der Waals surface area contributed by atoms with Crippen LogP contribution in [-0.4, -0.2) is 38.8 Å². The van der Waals surface area contributed by atoms with E-state index in [4.69, 9.17) is 4.74 Å². The molecule has 0 radical (unpaired) electrons. The van der Waals surface area contributed by atoms with E-state index in [1.807, 2.05) is 49.4 Å². The van der Waals surface area contributed by atoms with Crippen LogP contribution in [0.2, 0.25) is 0 Å². The van der Waals surface area contributed by atoms with Crippen LogP contribution in [0.4, 0.5) is 0 Å². The van der Waals surface area contributed by atoms with Gasteiger partial charge in [-0.3, -0.25) is 4.79 Å². The van der Waals surface area contributed by atoms with Crippen molar-refractivity contribution in [3.05, 3.63) is 66.1 Å². The van der Waals surface area contributed by atoms with Gasteiger partial charge in [0.25, 0.3) is 5.91 Å². The summed E-state index contributed by atoms with van der Waals surface area (Å²) in [4.78, 5) is 21.5. The van der Waals surface area contributed by atoms with Crippen LogP contribution in [0.25, 0.3) is 28.0 Å². The molecule has 7 heteroatoms. The Morgan fingerprint density at radius 2 is 2.03 bits per heavy atom. The number of nitrogens with one attached hydrogen (secondary N) is 1. The summed E-state index contributed by atoms with van der Waals surface area (Å²) in [5.41, 5.74) is 4.84. The molecule has 1 saturated carbocycles. The molecule has 150 valence electrons. The molecule has 1 aliphatic carbocycles. The number of aryl methyl sites for hydroxylation is 1. The second-order valence-corrected chi connectivity index (χ2v) is 7.50. The van der Waals surface area contributed by atoms with Crippen molar-refractivity contribution in [3.63, 3.8) is 0 Å². The van der Waals surface area contributed by atoms with Gasteiger partial charge in [-0.2, -0.15) is 5.10 Å². The van der Waals surface area contributed by atoms with E-state index in [-0.39, 0.29) is 5.91 Å². The van der Waals surface area contributed by atoms with Crippen molar-refractivity contribution in [1.29, 1.82) is 0 Å². The van der Waals surface area contributed by atoms with Crippen LogP contribution in [0.15, 0.2) is 55.0 Å². The maximum atomic E-state index is 12.5. The van der Waals surface area contributed by atoms with E-state index < -0.39 is 0 Å². The highest BCUT2D eigenvalue weighted by Gasteiger charge is 2.24. The zero-order chi connectivity index (χ0) is 20.7. The maximum absolute atomic E-state index is 12.5. The summed E-state index contributed by atoms with van der Waals surface area (Å²) in [6, 6.07) is 13.7.